The van der Waals surface area contributed by atoms with Crippen LogP contribution in [0.4, 0.5) is 5.00 Å². The molecule has 7 heteroatoms. The molecule has 202 valence electrons. The average molecular weight is 606 g/mol. The number of carbonyl (C=O) groups is 2. The van der Waals surface area contributed by atoms with Gasteiger partial charge in [0.25, 0.3) is 5.91 Å². The number of anilines is 1. The first kappa shape index (κ1) is 27.5. The van der Waals surface area contributed by atoms with Gasteiger partial charge in [0.15, 0.2) is 0 Å². The van der Waals surface area contributed by atoms with Gasteiger partial charge in [-0.1, -0.05) is 67.4 Å². The summed E-state index contributed by atoms with van der Waals surface area (Å²) < 4.78 is 6.29. The van der Waals surface area contributed by atoms with Gasteiger partial charge in [-0.2, -0.15) is 0 Å². The summed E-state index contributed by atoms with van der Waals surface area (Å²) >= 11 is 5.06. The number of esters is 1. The van der Waals surface area contributed by atoms with Gasteiger partial charge in [0.1, 0.15) is 5.00 Å². The van der Waals surface area contributed by atoms with Gasteiger partial charge in [-0.3, -0.25) is 4.79 Å². The van der Waals surface area contributed by atoms with Crippen LogP contribution in [0, 0.1) is 5.92 Å². The summed E-state index contributed by atoms with van der Waals surface area (Å²) in [4.78, 5) is 33.0. The van der Waals surface area contributed by atoms with Crippen molar-refractivity contribution in [3.05, 3.63) is 80.1 Å². The minimum absolute atomic E-state index is 0.267. The van der Waals surface area contributed by atoms with E-state index in [1.807, 2.05) is 24.3 Å². The second-order valence-electron chi connectivity index (χ2n) is 10.4. The first-order valence-electron chi connectivity index (χ1n) is 13.6. The normalized spacial score (nSPS) is 14.9. The van der Waals surface area contributed by atoms with E-state index in [1.54, 1.807) is 6.92 Å². The van der Waals surface area contributed by atoms with Crippen LogP contribution >= 0.6 is 27.3 Å². The maximum absolute atomic E-state index is 13.9. The summed E-state index contributed by atoms with van der Waals surface area (Å²) in [7, 11) is 0. The predicted octanol–water partition coefficient (Wildman–Crippen LogP) is 8.79. The number of nitrogens with one attached hydrogen (secondary N) is 1. The van der Waals surface area contributed by atoms with Crippen LogP contribution in [-0.2, 0) is 17.6 Å². The molecule has 2 aromatic heterocycles. The van der Waals surface area contributed by atoms with E-state index in [9.17, 15) is 9.59 Å². The molecular formula is C32H33BrN2O3S. The Morgan fingerprint density at radius 3 is 2.59 bits per heavy atom. The predicted molar refractivity (Wildman–Crippen MR) is 163 cm³/mol. The number of amides is 1. The molecule has 2 heterocycles. The SMILES string of the molecule is CCOC(=O)c1c(NC(=O)c2cc(-c3ccc(C(C)C)cc3)nc3ccc(Br)cc23)sc2c1CC[C@@H](CC)C2. The Labute approximate surface area is 242 Å². The number of aromatic nitrogens is 1. The molecule has 0 bridgehead atoms. The molecule has 2 aromatic carbocycles. The van der Waals surface area contributed by atoms with Crippen molar-refractivity contribution in [2.45, 2.75) is 59.3 Å². The maximum Gasteiger partial charge on any atom is 0.341 e. The van der Waals surface area contributed by atoms with Gasteiger partial charge < -0.3 is 10.1 Å². The van der Waals surface area contributed by atoms with Crippen molar-refractivity contribution in [3.8, 4) is 11.3 Å². The zero-order valence-corrected chi connectivity index (χ0v) is 25.2. The van der Waals surface area contributed by atoms with Crippen LogP contribution < -0.4 is 5.32 Å². The molecule has 1 amide bonds. The second kappa shape index (κ2) is 11.6. The molecule has 5 nitrogen and oxygen atoms in total. The number of carbonyl (C=O) groups excluding carboxylic acids is 2. The Morgan fingerprint density at radius 2 is 1.90 bits per heavy atom. The Bertz CT molecular complexity index is 1540. The minimum Gasteiger partial charge on any atom is -0.462 e. The number of pyridine rings is 1. The standard InChI is InChI=1S/C32H33BrN2O3S/c1-5-19-7-13-23-28(15-19)39-31(29(23)32(37)38-6-2)35-30(36)25-17-27(21-10-8-20(9-11-21)18(3)4)34-26-14-12-22(33)16-24(25)26/h8-12,14,16-19H,5-7,13,15H2,1-4H3,(H,35,36)/t19-/m1/s1. The molecular weight excluding hydrogens is 572 g/mol. The van der Waals surface area contributed by atoms with E-state index >= 15 is 0 Å². The molecule has 1 atom stereocenters. The lowest BCUT2D eigenvalue weighted by Crippen LogP contribution is -2.17. The van der Waals surface area contributed by atoms with Crippen molar-refractivity contribution in [2.75, 3.05) is 11.9 Å². The first-order chi connectivity index (χ1) is 18.8. The Hall–Kier alpha value is -3.03. The molecule has 4 aromatic rings. The second-order valence-corrected chi connectivity index (χ2v) is 12.4. The quantitative estimate of drug-likeness (QED) is 0.214. The molecule has 0 saturated heterocycles. The average Bonchev–Trinajstić information content (AvgIpc) is 3.29. The summed E-state index contributed by atoms with van der Waals surface area (Å²) in [5.41, 5.74) is 5.72. The van der Waals surface area contributed by atoms with E-state index in [4.69, 9.17) is 9.72 Å². The number of hydrogen-bond acceptors (Lipinski definition) is 5. The lowest BCUT2D eigenvalue weighted by Gasteiger charge is -2.20. The van der Waals surface area contributed by atoms with Gasteiger partial charge in [-0.05, 0) is 73.4 Å². The van der Waals surface area contributed by atoms with Crippen LogP contribution in [-0.4, -0.2) is 23.5 Å². The van der Waals surface area contributed by atoms with Gasteiger partial charge in [0, 0.05) is 20.3 Å². The molecule has 39 heavy (non-hydrogen) atoms. The monoisotopic (exact) mass is 604 g/mol. The fourth-order valence-corrected chi connectivity index (χ4v) is 6.96. The Balaban J connectivity index is 1.57. The molecule has 0 saturated carbocycles. The van der Waals surface area contributed by atoms with Crippen molar-refractivity contribution in [1.82, 2.24) is 4.98 Å². The van der Waals surface area contributed by atoms with Gasteiger partial charge in [0.2, 0.25) is 0 Å². The largest absolute Gasteiger partial charge is 0.462 e. The van der Waals surface area contributed by atoms with Crippen LogP contribution in [0.1, 0.15) is 83.2 Å². The van der Waals surface area contributed by atoms with Crippen LogP contribution in [0.3, 0.4) is 0 Å². The highest BCUT2D eigenvalue weighted by molar-refractivity contribution is 9.10. The molecule has 1 N–H and O–H groups in total. The third-order valence-corrected chi connectivity index (χ3v) is 9.20. The molecule has 1 aliphatic rings. The lowest BCUT2D eigenvalue weighted by atomic mass is 9.85. The van der Waals surface area contributed by atoms with Crippen LogP contribution in [0.2, 0.25) is 0 Å². The van der Waals surface area contributed by atoms with E-state index in [1.165, 1.54) is 21.8 Å². The van der Waals surface area contributed by atoms with Gasteiger partial charge in [-0.25, -0.2) is 9.78 Å². The number of rotatable bonds is 7. The van der Waals surface area contributed by atoms with Crippen LogP contribution in [0.25, 0.3) is 22.2 Å². The number of hydrogen-bond donors (Lipinski definition) is 1. The van der Waals surface area contributed by atoms with E-state index in [2.05, 4.69) is 66.3 Å². The van der Waals surface area contributed by atoms with Crippen molar-refractivity contribution in [3.63, 3.8) is 0 Å². The van der Waals surface area contributed by atoms with E-state index < -0.39 is 0 Å². The highest BCUT2D eigenvalue weighted by atomic mass is 79.9. The summed E-state index contributed by atoms with van der Waals surface area (Å²) in [5.74, 6) is 0.395. The Morgan fingerprint density at radius 1 is 1.13 bits per heavy atom. The molecule has 1 aliphatic carbocycles. The molecule has 0 radical (unpaired) electrons. The summed E-state index contributed by atoms with van der Waals surface area (Å²) in [5, 5.41) is 4.42. The van der Waals surface area contributed by atoms with Gasteiger partial charge in [0.05, 0.1) is 28.9 Å². The molecule has 0 aliphatic heterocycles. The summed E-state index contributed by atoms with van der Waals surface area (Å²) in [6.07, 6.45) is 3.91. The highest BCUT2D eigenvalue weighted by Crippen LogP contribution is 2.41. The van der Waals surface area contributed by atoms with Crippen molar-refractivity contribution >= 4 is 55.0 Å². The van der Waals surface area contributed by atoms with E-state index in [-0.39, 0.29) is 18.5 Å². The summed E-state index contributed by atoms with van der Waals surface area (Å²) in [6.45, 7) is 8.63. The number of halogens is 1. The summed E-state index contributed by atoms with van der Waals surface area (Å²) in [6, 6.07) is 15.9. The van der Waals surface area contributed by atoms with Crippen molar-refractivity contribution in [2.24, 2.45) is 5.92 Å². The molecule has 5 rings (SSSR count). The van der Waals surface area contributed by atoms with Crippen LogP contribution in [0.5, 0.6) is 0 Å². The fourth-order valence-electron chi connectivity index (χ4n) is 5.25. The van der Waals surface area contributed by atoms with Crippen molar-refractivity contribution in [1.29, 1.82) is 0 Å². The molecule has 0 spiro atoms. The molecule has 0 unspecified atom stereocenters. The lowest BCUT2D eigenvalue weighted by molar-refractivity contribution is 0.0526. The zero-order chi connectivity index (χ0) is 27.7. The Kier molecular flexibility index (Phi) is 8.19. The first-order valence-corrected chi connectivity index (χ1v) is 15.2. The van der Waals surface area contributed by atoms with Crippen LogP contribution in [0.15, 0.2) is 53.0 Å². The third-order valence-electron chi connectivity index (χ3n) is 7.54. The number of ether oxygens (including phenoxy) is 1. The topological polar surface area (TPSA) is 68.3 Å². The highest BCUT2D eigenvalue weighted by Gasteiger charge is 2.30. The van der Waals surface area contributed by atoms with E-state index in [0.717, 1.165) is 57.9 Å². The maximum atomic E-state index is 13.9. The van der Waals surface area contributed by atoms with Gasteiger partial charge >= 0.3 is 5.97 Å². The number of benzene rings is 2. The number of nitrogens with zero attached hydrogens (tertiary/aromatic N) is 1. The van der Waals surface area contributed by atoms with Crippen molar-refractivity contribution < 1.29 is 14.3 Å². The smallest absolute Gasteiger partial charge is 0.341 e. The number of thiophene rings is 1. The fraction of sp³-hybridized carbons (Fsp3) is 0.344. The van der Waals surface area contributed by atoms with E-state index in [0.29, 0.717) is 28.0 Å². The number of fused-ring (bicyclic) bond motifs is 2. The molecule has 0 fully saturated rings. The minimum atomic E-state index is -0.367. The zero-order valence-electron chi connectivity index (χ0n) is 22.8. The third kappa shape index (κ3) is 5.66. The van der Waals surface area contributed by atoms with Gasteiger partial charge in [-0.15, -0.1) is 11.3 Å².